The quantitative estimate of drug-likeness (QED) is 0.851. The van der Waals surface area contributed by atoms with Crippen LogP contribution in [0.1, 0.15) is 17.9 Å². The molecule has 0 saturated carbocycles. The first-order chi connectivity index (χ1) is 9.69. The van der Waals surface area contributed by atoms with Gasteiger partial charge in [0.2, 0.25) is 5.91 Å². The van der Waals surface area contributed by atoms with E-state index in [-0.39, 0.29) is 18.5 Å². The van der Waals surface area contributed by atoms with Crippen molar-refractivity contribution in [3.05, 3.63) is 35.4 Å². The second-order valence-corrected chi connectivity index (χ2v) is 5.02. The Morgan fingerprint density at radius 1 is 1.29 bits per heavy atom. The van der Waals surface area contributed by atoms with Crippen molar-refractivity contribution in [2.24, 2.45) is 5.73 Å². The number of nitrogens with zero attached hydrogens (tertiary/aromatic N) is 1. The van der Waals surface area contributed by atoms with Gasteiger partial charge >= 0.3 is 6.18 Å². The summed E-state index contributed by atoms with van der Waals surface area (Å²) in [6.07, 6.45) is -4.59. The summed E-state index contributed by atoms with van der Waals surface area (Å²) < 4.78 is 64.3. The minimum absolute atomic E-state index is 0.0203. The molecule has 21 heavy (non-hydrogen) atoms. The van der Waals surface area contributed by atoms with Gasteiger partial charge in [-0.15, -0.1) is 0 Å². The number of likely N-dealkylation sites (tertiary alicyclic amines) is 1. The average Bonchev–Trinajstić information content (AvgIpc) is 2.36. The zero-order valence-corrected chi connectivity index (χ0v) is 10.8. The second kappa shape index (κ2) is 5.59. The Morgan fingerprint density at radius 2 is 1.95 bits per heavy atom. The number of carbonyl (C=O) groups is 1. The lowest BCUT2D eigenvalue weighted by atomic mass is 9.87. The van der Waals surface area contributed by atoms with E-state index < -0.39 is 42.2 Å². The largest absolute Gasteiger partial charge is 0.406 e. The molecule has 1 fully saturated rings. The molecule has 0 bridgehead atoms. The molecule has 1 aromatic carbocycles. The standard InChI is InChI=1S/C13H13F5N2O/c14-9-3-1-2-8(11(9)15)7-4-10(19)12(21)20(5-7)6-13(16,17)18/h1-3,7,10H,4-6,19H2. The summed E-state index contributed by atoms with van der Waals surface area (Å²) in [4.78, 5) is 12.2. The van der Waals surface area contributed by atoms with E-state index in [0.29, 0.717) is 4.90 Å². The molecule has 0 aliphatic carbocycles. The number of piperidine rings is 1. The van der Waals surface area contributed by atoms with Crippen LogP contribution >= 0.6 is 0 Å². The van der Waals surface area contributed by atoms with Crippen LogP contribution in [0.3, 0.4) is 0 Å². The van der Waals surface area contributed by atoms with Gasteiger partial charge in [-0.25, -0.2) is 8.78 Å². The monoisotopic (exact) mass is 308 g/mol. The van der Waals surface area contributed by atoms with E-state index >= 15 is 0 Å². The van der Waals surface area contributed by atoms with Gasteiger partial charge in [-0.2, -0.15) is 13.2 Å². The molecular weight excluding hydrogens is 295 g/mol. The van der Waals surface area contributed by atoms with Gasteiger partial charge in [-0.05, 0) is 18.1 Å². The molecule has 116 valence electrons. The molecule has 0 spiro atoms. The summed E-state index contributed by atoms with van der Waals surface area (Å²) in [5.41, 5.74) is 5.46. The minimum atomic E-state index is -4.57. The fraction of sp³-hybridized carbons (Fsp3) is 0.462. The number of amides is 1. The Kier molecular flexibility index (Phi) is 4.18. The molecule has 1 aliphatic heterocycles. The molecule has 2 N–H and O–H groups in total. The zero-order valence-electron chi connectivity index (χ0n) is 10.8. The fourth-order valence-electron chi connectivity index (χ4n) is 2.49. The van der Waals surface area contributed by atoms with Crippen LogP contribution in [0.5, 0.6) is 0 Å². The molecule has 2 rings (SSSR count). The van der Waals surface area contributed by atoms with E-state index in [1.807, 2.05) is 0 Å². The van der Waals surface area contributed by atoms with E-state index in [1.165, 1.54) is 12.1 Å². The fourth-order valence-corrected chi connectivity index (χ4v) is 2.49. The number of carbonyl (C=O) groups excluding carboxylic acids is 1. The van der Waals surface area contributed by atoms with Crippen molar-refractivity contribution in [1.82, 2.24) is 4.90 Å². The number of benzene rings is 1. The molecule has 1 amide bonds. The highest BCUT2D eigenvalue weighted by Gasteiger charge is 2.40. The van der Waals surface area contributed by atoms with Crippen molar-refractivity contribution in [3.8, 4) is 0 Å². The van der Waals surface area contributed by atoms with Crippen molar-refractivity contribution in [2.45, 2.75) is 24.6 Å². The molecule has 0 aromatic heterocycles. The maximum absolute atomic E-state index is 13.7. The van der Waals surface area contributed by atoms with Crippen LogP contribution in [-0.2, 0) is 4.79 Å². The molecule has 1 aliphatic rings. The third-order valence-electron chi connectivity index (χ3n) is 3.40. The highest BCUT2D eigenvalue weighted by atomic mass is 19.4. The number of nitrogens with two attached hydrogens (primary N) is 1. The molecule has 1 aromatic rings. The smallest absolute Gasteiger partial charge is 0.332 e. The van der Waals surface area contributed by atoms with Gasteiger partial charge in [0.05, 0.1) is 6.04 Å². The Hall–Kier alpha value is -1.70. The summed E-state index contributed by atoms with van der Waals surface area (Å²) in [6, 6.07) is 2.32. The Labute approximate surface area is 117 Å². The van der Waals surface area contributed by atoms with Crippen molar-refractivity contribution >= 4 is 5.91 Å². The molecule has 8 heteroatoms. The van der Waals surface area contributed by atoms with Crippen LogP contribution in [0.2, 0.25) is 0 Å². The van der Waals surface area contributed by atoms with E-state index in [1.54, 1.807) is 0 Å². The Balaban J connectivity index is 2.26. The van der Waals surface area contributed by atoms with Gasteiger partial charge in [0.1, 0.15) is 6.54 Å². The van der Waals surface area contributed by atoms with Gasteiger partial charge in [-0.1, -0.05) is 12.1 Å². The molecule has 3 nitrogen and oxygen atoms in total. The lowest BCUT2D eigenvalue weighted by molar-refractivity contribution is -0.165. The SMILES string of the molecule is NC1CC(c2cccc(F)c2F)CN(CC(F)(F)F)C1=O. The summed E-state index contributed by atoms with van der Waals surface area (Å²) in [5.74, 6) is -3.80. The topological polar surface area (TPSA) is 46.3 Å². The van der Waals surface area contributed by atoms with E-state index in [9.17, 15) is 26.7 Å². The van der Waals surface area contributed by atoms with Gasteiger partial charge < -0.3 is 10.6 Å². The first-order valence-electron chi connectivity index (χ1n) is 6.24. The zero-order chi connectivity index (χ0) is 15.8. The first-order valence-corrected chi connectivity index (χ1v) is 6.24. The number of alkyl halides is 3. The van der Waals surface area contributed by atoms with E-state index in [2.05, 4.69) is 0 Å². The number of hydrogen-bond donors (Lipinski definition) is 1. The predicted molar refractivity (Wildman–Crippen MR) is 64.3 cm³/mol. The van der Waals surface area contributed by atoms with E-state index in [4.69, 9.17) is 5.73 Å². The summed E-state index contributed by atoms with van der Waals surface area (Å²) >= 11 is 0. The minimum Gasteiger partial charge on any atom is -0.332 e. The molecule has 1 saturated heterocycles. The summed E-state index contributed by atoms with van der Waals surface area (Å²) in [5, 5.41) is 0. The second-order valence-electron chi connectivity index (χ2n) is 5.02. The van der Waals surface area contributed by atoms with Crippen molar-refractivity contribution in [3.63, 3.8) is 0 Å². The van der Waals surface area contributed by atoms with Crippen LogP contribution in [-0.4, -0.2) is 36.1 Å². The van der Waals surface area contributed by atoms with Gasteiger partial charge in [0, 0.05) is 12.5 Å². The van der Waals surface area contributed by atoms with Crippen molar-refractivity contribution in [1.29, 1.82) is 0 Å². The maximum Gasteiger partial charge on any atom is 0.406 e. The predicted octanol–water partition coefficient (Wildman–Crippen LogP) is 2.17. The van der Waals surface area contributed by atoms with Crippen molar-refractivity contribution in [2.75, 3.05) is 13.1 Å². The number of hydrogen-bond acceptors (Lipinski definition) is 2. The maximum atomic E-state index is 13.7. The molecular formula is C13H13F5N2O. The van der Waals surface area contributed by atoms with Crippen LogP contribution < -0.4 is 5.73 Å². The highest BCUT2D eigenvalue weighted by Crippen LogP contribution is 2.31. The average molecular weight is 308 g/mol. The molecule has 2 unspecified atom stereocenters. The highest BCUT2D eigenvalue weighted by molar-refractivity contribution is 5.82. The third kappa shape index (κ3) is 3.49. The molecule has 2 atom stereocenters. The Morgan fingerprint density at radius 3 is 2.57 bits per heavy atom. The van der Waals surface area contributed by atoms with Crippen LogP contribution in [0.25, 0.3) is 0 Å². The van der Waals surface area contributed by atoms with Crippen molar-refractivity contribution < 1.29 is 26.7 Å². The van der Waals surface area contributed by atoms with Crippen LogP contribution in [0.4, 0.5) is 22.0 Å². The van der Waals surface area contributed by atoms with Crippen LogP contribution in [0.15, 0.2) is 18.2 Å². The van der Waals surface area contributed by atoms with Gasteiger partial charge in [0.15, 0.2) is 11.6 Å². The van der Waals surface area contributed by atoms with Crippen LogP contribution in [0, 0.1) is 11.6 Å². The first kappa shape index (κ1) is 15.7. The lowest BCUT2D eigenvalue weighted by Gasteiger charge is -2.36. The van der Waals surface area contributed by atoms with Gasteiger partial charge in [-0.3, -0.25) is 4.79 Å². The lowest BCUT2D eigenvalue weighted by Crippen LogP contribution is -2.53. The number of rotatable bonds is 2. The molecule has 1 heterocycles. The normalized spacial score (nSPS) is 23.5. The summed E-state index contributed by atoms with van der Waals surface area (Å²) in [6.45, 7) is -1.79. The number of halogens is 5. The Bertz CT molecular complexity index is 546. The van der Waals surface area contributed by atoms with E-state index in [0.717, 1.165) is 6.07 Å². The van der Waals surface area contributed by atoms with Gasteiger partial charge in [0.25, 0.3) is 0 Å². The summed E-state index contributed by atoms with van der Waals surface area (Å²) in [7, 11) is 0. The molecule has 0 radical (unpaired) electrons. The third-order valence-corrected chi connectivity index (χ3v) is 3.40.